The zero-order valence-corrected chi connectivity index (χ0v) is 11.0. The highest BCUT2D eigenvalue weighted by molar-refractivity contribution is 5.50. The second-order valence-electron chi connectivity index (χ2n) is 4.05. The van der Waals surface area contributed by atoms with Crippen LogP contribution in [-0.2, 0) is 6.54 Å². The zero-order valence-electron chi connectivity index (χ0n) is 11.0. The van der Waals surface area contributed by atoms with Crippen molar-refractivity contribution < 1.29 is 18.3 Å². The first-order chi connectivity index (χ1) is 9.70. The van der Waals surface area contributed by atoms with Crippen molar-refractivity contribution in [1.82, 2.24) is 0 Å². The molecule has 0 aromatic heterocycles. The Bertz CT molecular complexity index is 547. The average molecular weight is 279 g/mol. The summed E-state index contributed by atoms with van der Waals surface area (Å²) >= 11 is 0. The molecule has 1 N–H and O–H groups in total. The number of methoxy groups -OCH3 is 1. The fraction of sp³-hybridized carbons (Fsp3) is 0.200. The average Bonchev–Trinajstić information content (AvgIpc) is 2.46. The lowest BCUT2D eigenvalue weighted by atomic mass is 10.1. The molecule has 0 radical (unpaired) electrons. The zero-order chi connectivity index (χ0) is 14.4. The Balaban J connectivity index is 2.18. The predicted molar refractivity (Wildman–Crippen MR) is 73.4 cm³/mol. The molecule has 5 heteroatoms. The summed E-state index contributed by atoms with van der Waals surface area (Å²) in [5.74, 6) is 0.353. The van der Waals surface area contributed by atoms with Gasteiger partial charge in [0.15, 0.2) is 11.5 Å². The van der Waals surface area contributed by atoms with Gasteiger partial charge >= 0.3 is 6.61 Å². The largest absolute Gasteiger partial charge is 0.493 e. The van der Waals surface area contributed by atoms with E-state index in [0.29, 0.717) is 12.1 Å². The molecule has 0 bridgehead atoms. The van der Waals surface area contributed by atoms with Gasteiger partial charge in [0.05, 0.1) is 7.11 Å². The monoisotopic (exact) mass is 279 g/mol. The maximum Gasteiger partial charge on any atom is 0.387 e. The van der Waals surface area contributed by atoms with Crippen molar-refractivity contribution in [1.29, 1.82) is 0 Å². The van der Waals surface area contributed by atoms with Gasteiger partial charge in [-0.1, -0.05) is 30.3 Å². The van der Waals surface area contributed by atoms with E-state index in [1.807, 2.05) is 30.3 Å². The number of benzene rings is 2. The highest BCUT2D eigenvalue weighted by atomic mass is 19.3. The molecule has 0 aliphatic carbocycles. The Morgan fingerprint density at radius 1 is 1.05 bits per heavy atom. The van der Waals surface area contributed by atoms with E-state index in [1.54, 1.807) is 18.2 Å². The van der Waals surface area contributed by atoms with Crippen LogP contribution in [-0.4, -0.2) is 13.7 Å². The molecule has 0 unspecified atom stereocenters. The second kappa shape index (κ2) is 6.75. The molecule has 2 aromatic rings. The van der Waals surface area contributed by atoms with E-state index in [9.17, 15) is 8.78 Å². The number of hydrogen-bond acceptors (Lipinski definition) is 3. The maximum atomic E-state index is 12.5. The highest BCUT2D eigenvalue weighted by Crippen LogP contribution is 2.32. The van der Waals surface area contributed by atoms with Gasteiger partial charge in [-0.3, -0.25) is 0 Å². The Labute approximate surface area is 116 Å². The molecule has 0 spiro atoms. The molecule has 20 heavy (non-hydrogen) atoms. The van der Waals surface area contributed by atoms with E-state index < -0.39 is 6.61 Å². The van der Waals surface area contributed by atoms with Crippen LogP contribution in [0, 0.1) is 0 Å². The molecular weight excluding hydrogens is 264 g/mol. The van der Waals surface area contributed by atoms with Gasteiger partial charge in [-0.15, -0.1) is 0 Å². The molecule has 0 atom stereocenters. The van der Waals surface area contributed by atoms with Crippen molar-refractivity contribution in [3.05, 3.63) is 54.1 Å². The Morgan fingerprint density at radius 3 is 2.45 bits per heavy atom. The lowest BCUT2D eigenvalue weighted by Gasteiger charge is -2.15. The molecular formula is C15H15F2NO2. The van der Waals surface area contributed by atoms with Gasteiger partial charge in [-0.25, -0.2) is 0 Å². The van der Waals surface area contributed by atoms with Crippen LogP contribution in [0.4, 0.5) is 14.5 Å². The molecule has 0 saturated heterocycles. The van der Waals surface area contributed by atoms with Gasteiger partial charge in [0.2, 0.25) is 0 Å². The number of rotatable bonds is 6. The second-order valence-corrected chi connectivity index (χ2v) is 4.05. The number of para-hydroxylation sites is 2. The summed E-state index contributed by atoms with van der Waals surface area (Å²) in [7, 11) is 1.42. The van der Waals surface area contributed by atoms with E-state index >= 15 is 0 Å². The standard InChI is InChI=1S/C15H15F2NO2/c1-19-13-9-5-6-11(14(13)20-15(16)17)10-18-12-7-3-2-4-8-12/h2-9,15,18H,10H2,1H3. The van der Waals surface area contributed by atoms with Crippen LogP contribution in [0.15, 0.2) is 48.5 Å². The molecule has 3 nitrogen and oxygen atoms in total. The van der Waals surface area contributed by atoms with Crippen LogP contribution in [0.5, 0.6) is 11.5 Å². The van der Waals surface area contributed by atoms with Crippen molar-refractivity contribution >= 4 is 5.69 Å². The molecule has 0 fully saturated rings. The SMILES string of the molecule is COc1cccc(CNc2ccccc2)c1OC(F)F. The third kappa shape index (κ3) is 3.60. The number of nitrogens with one attached hydrogen (secondary N) is 1. The summed E-state index contributed by atoms with van der Waals surface area (Å²) in [6.45, 7) is -2.52. The van der Waals surface area contributed by atoms with Crippen LogP contribution < -0.4 is 14.8 Å². The topological polar surface area (TPSA) is 30.5 Å². The first-order valence-corrected chi connectivity index (χ1v) is 6.10. The Hall–Kier alpha value is -2.30. The number of alkyl halides is 2. The van der Waals surface area contributed by atoms with E-state index in [-0.39, 0.29) is 11.5 Å². The van der Waals surface area contributed by atoms with Gasteiger partial charge < -0.3 is 14.8 Å². The molecule has 106 valence electrons. The first kappa shape index (κ1) is 14.1. The fourth-order valence-electron chi connectivity index (χ4n) is 1.84. The summed E-state index contributed by atoms with van der Waals surface area (Å²) in [6.07, 6.45) is 0. The maximum absolute atomic E-state index is 12.5. The van der Waals surface area contributed by atoms with Crippen LogP contribution in [0.3, 0.4) is 0 Å². The van der Waals surface area contributed by atoms with Crippen molar-refractivity contribution in [2.45, 2.75) is 13.2 Å². The minimum absolute atomic E-state index is 0.0634. The molecule has 0 heterocycles. The predicted octanol–water partition coefficient (Wildman–Crippen LogP) is 3.91. The van der Waals surface area contributed by atoms with E-state index in [2.05, 4.69) is 10.1 Å². The minimum atomic E-state index is -2.89. The van der Waals surface area contributed by atoms with E-state index in [4.69, 9.17) is 4.74 Å². The van der Waals surface area contributed by atoms with Crippen molar-refractivity contribution in [3.8, 4) is 11.5 Å². The fourth-order valence-corrected chi connectivity index (χ4v) is 1.84. The lowest BCUT2D eigenvalue weighted by Crippen LogP contribution is -2.08. The normalized spacial score (nSPS) is 10.4. The molecule has 0 aliphatic rings. The Kier molecular flexibility index (Phi) is 4.76. The smallest absolute Gasteiger partial charge is 0.387 e. The quantitative estimate of drug-likeness (QED) is 0.869. The summed E-state index contributed by atoms with van der Waals surface area (Å²) in [6, 6.07) is 14.5. The Morgan fingerprint density at radius 2 is 1.80 bits per heavy atom. The van der Waals surface area contributed by atoms with Crippen LogP contribution in [0.25, 0.3) is 0 Å². The van der Waals surface area contributed by atoms with Gasteiger partial charge in [-0.05, 0) is 18.2 Å². The summed E-state index contributed by atoms with van der Waals surface area (Å²) < 4.78 is 34.6. The van der Waals surface area contributed by atoms with Gasteiger partial charge in [-0.2, -0.15) is 8.78 Å². The van der Waals surface area contributed by atoms with Crippen molar-refractivity contribution in [2.75, 3.05) is 12.4 Å². The number of halogens is 2. The lowest BCUT2D eigenvalue weighted by molar-refractivity contribution is -0.0517. The molecule has 2 rings (SSSR count). The van der Waals surface area contributed by atoms with Gasteiger partial charge in [0.25, 0.3) is 0 Å². The molecule has 0 saturated carbocycles. The van der Waals surface area contributed by atoms with E-state index in [0.717, 1.165) is 5.69 Å². The molecule has 2 aromatic carbocycles. The van der Waals surface area contributed by atoms with Gasteiger partial charge in [0.1, 0.15) is 0 Å². The minimum Gasteiger partial charge on any atom is -0.493 e. The number of hydrogen-bond donors (Lipinski definition) is 1. The van der Waals surface area contributed by atoms with Crippen molar-refractivity contribution in [2.24, 2.45) is 0 Å². The molecule has 0 aliphatic heterocycles. The first-order valence-electron chi connectivity index (χ1n) is 6.10. The van der Waals surface area contributed by atoms with Gasteiger partial charge in [0, 0.05) is 17.8 Å². The molecule has 0 amide bonds. The summed E-state index contributed by atoms with van der Waals surface area (Å²) in [5, 5.41) is 3.15. The van der Waals surface area contributed by atoms with Crippen molar-refractivity contribution in [3.63, 3.8) is 0 Å². The third-order valence-corrected chi connectivity index (χ3v) is 2.74. The van der Waals surface area contributed by atoms with E-state index in [1.165, 1.54) is 7.11 Å². The highest BCUT2D eigenvalue weighted by Gasteiger charge is 2.14. The van der Waals surface area contributed by atoms with Crippen LogP contribution in [0.2, 0.25) is 0 Å². The van der Waals surface area contributed by atoms with Crippen LogP contribution >= 0.6 is 0 Å². The number of anilines is 1. The summed E-state index contributed by atoms with van der Waals surface area (Å²) in [4.78, 5) is 0. The summed E-state index contributed by atoms with van der Waals surface area (Å²) in [5.41, 5.74) is 1.51. The number of ether oxygens (including phenoxy) is 2. The van der Waals surface area contributed by atoms with Crippen LogP contribution in [0.1, 0.15) is 5.56 Å². The third-order valence-electron chi connectivity index (χ3n) is 2.74.